The molecule has 2 N–H and O–H groups in total. The Hall–Kier alpha value is -4.46. The van der Waals surface area contributed by atoms with Gasteiger partial charge in [-0.25, -0.2) is 4.79 Å². The molecule has 0 aliphatic rings. The van der Waals surface area contributed by atoms with Crippen molar-refractivity contribution in [1.82, 2.24) is 10.6 Å². The Balaban J connectivity index is 1.43. The second-order valence-corrected chi connectivity index (χ2v) is 7.62. The first kappa shape index (κ1) is 25.2. The van der Waals surface area contributed by atoms with Crippen molar-refractivity contribution in [2.24, 2.45) is 0 Å². The van der Waals surface area contributed by atoms with Crippen molar-refractivity contribution in [1.29, 1.82) is 0 Å². The van der Waals surface area contributed by atoms with Crippen molar-refractivity contribution in [3.8, 4) is 11.1 Å². The molecule has 3 aromatic rings. The van der Waals surface area contributed by atoms with E-state index < -0.39 is 42.9 Å². The Morgan fingerprint density at radius 2 is 1.40 bits per heavy atom. The number of esters is 2. The van der Waals surface area contributed by atoms with Crippen LogP contribution in [0.15, 0.2) is 84.9 Å². The van der Waals surface area contributed by atoms with Crippen LogP contribution in [-0.4, -0.2) is 50.1 Å². The molecule has 0 bridgehead atoms. The van der Waals surface area contributed by atoms with Gasteiger partial charge in [-0.05, 0) is 28.8 Å². The van der Waals surface area contributed by atoms with Gasteiger partial charge in [0.25, 0.3) is 11.8 Å². The maximum absolute atomic E-state index is 12.3. The quantitative estimate of drug-likeness (QED) is 0.437. The van der Waals surface area contributed by atoms with Crippen LogP contribution in [0.3, 0.4) is 0 Å². The summed E-state index contributed by atoms with van der Waals surface area (Å²) in [6.07, 6.45) is 0.228. The number of methoxy groups -OCH3 is 1. The average Bonchev–Trinajstić information content (AvgIpc) is 2.91. The molecule has 8 nitrogen and oxygen atoms in total. The van der Waals surface area contributed by atoms with E-state index in [1.807, 2.05) is 72.8 Å². The Bertz CT molecular complexity index is 1150. The maximum Gasteiger partial charge on any atom is 0.328 e. The van der Waals surface area contributed by atoms with Gasteiger partial charge in [0.05, 0.1) is 7.11 Å². The largest absolute Gasteiger partial charge is 0.467 e. The van der Waals surface area contributed by atoms with Gasteiger partial charge < -0.3 is 20.1 Å². The summed E-state index contributed by atoms with van der Waals surface area (Å²) in [5.74, 6) is -2.50. The number of carbonyl (C=O) groups excluding carboxylic acids is 4. The third-order valence-corrected chi connectivity index (χ3v) is 5.12. The Kier molecular flexibility index (Phi) is 9.13. The molecule has 1 atom stereocenters. The van der Waals surface area contributed by atoms with Crippen LogP contribution in [0.4, 0.5) is 0 Å². The zero-order valence-electron chi connectivity index (χ0n) is 19.2. The molecule has 8 heteroatoms. The molecule has 0 aromatic heterocycles. The van der Waals surface area contributed by atoms with Gasteiger partial charge in [0, 0.05) is 12.0 Å². The van der Waals surface area contributed by atoms with Crippen molar-refractivity contribution in [3.63, 3.8) is 0 Å². The monoisotopic (exact) mass is 474 g/mol. The minimum atomic E-state index is -0.924. The molecule has 2 amide bonds. The van der Waals surface area contributed by atoms with E-state index in [4.69, 9.17) is 9.47 Å². The topological polar surface area (TPSA) is 111 Å². The van der Waals surface area contributed by atoms with Gasteiger partial charge in [0.15, 0.2) is 6.61 Å². The second kappa shape index (κ2) is 12.7. The molecule has 3 rings (SSSR count). The lowest BCUT2D eigenvalue weighted by molar-refractivity contribution is -0.149. The molecular formula is C27H26N2O6. The van der Waals surface area contributed by atoms with Gasteiger partial charge in [0.2, 0.25) is 0 Å². The van der Waals surface area contributed by atoms with E-state index in [9.17, 15) is 19.2 Å². The molecule has 0 saturated heterocycles. The highest BCUT2D eigenvalue weighted by Gasteiger charge is 2.22. The van der Waals surface area contributed by atoms with Crippen LogP contribution in [0.2, 0.25) is 0 Å². The SMILES string of the molecule is COC(=O)C(Cc1ccccc1)NC(=O)COC(=O)CNC(=O)c1ccc(-c2ccccc2)cc1. The molecule has 180 valence electrons. The van der Waals surface area contributed by atoms with Crippen LogP contribution in [0.25, 0.3) is 11.1 Å². The van der Waals surface area contributed by atoms with Crippen LogP contribution < -0.4 is 10.6 Å². The van der Waals surface area contributed by atoms with Crippen molar-refractivity contribution in [2.45, 2.75) is 12.5 Å². The van der Waals surface area contributed by atoms with Crippen LogP contribution in [0.5, 0.6) is 0 Å². The fourth-order valence-electron chi connectivity index (χ4n) is 3.32. The van der Waals surface area contributed by atoms with Crippen molar-refractivity contribution >= 4 is 23.8 Å². The smallest absolute Gasteiger partial charge is 0.328 e. The average molecular weight is 475 g/mol. The highest BCUT2D eigenvalue weighted by Crippen LogP contribution is 2.19. The van der Waals surface area contributed by atoms with E-state index in [1.165, 1.54) is 7.11 Å². The molecule has 0 saturated carbocycles. The van der Waals surface area contributed by atoms with E-state index in [1.54, 1.807) is 12.1 Å². The molecule has 3 aromatic carbocycles. The summed E-state index contributed by atoms with van der Waals surface area (Å²) in [5, 5.41) is 4.97. The third kappa shape index (κ3) is 7.82. The van der Waals surface area contributed by atoms with Gasteiger partial charge in [-0.1, -0.05) is 72.8 Å². The van der Waals surface area contributed by atoms with Crippen molar-refractivity contribution < 1.29 is 28.7 Å². The lowest BCUT2D eigenvalue weighted by Gasteiger charge is -2.16. The molecule has 0 aliphatic carbocycles. The summed E-state index contributed by atoms with van der Waals surface area (Å²) in [7, 11) is 1.23. The molecular weight excluding hydrogens is 448 g/mol. The van der Waals surface area contributed by atoms with Gasteiger partial charge in [-0.2, -0.15) is 0 Å². The Labute approximate surface area is 203 Å². The van der Waals surface area contributed by atoms with Crippen LogP contribution in [0.1, 0.15) is 15.9 Å². The molecule has 1 unspecified atom stereocenters. The lowest BCUT2D eigenvalue weighted by atomic mass is 10.0. The standard InChI is InChI=1S/C27H26N2O6/c1-34-27(33)23(16-19-8-4-2-5-9-19)29-24(30)18-35-25(31)17-28-26(32)22-14-12-21(13-15-22)20-10-6-3-7-11-20/h2-15,23H,16-18H2,1H3,(H,28,32)(H,29,30). The number of hydrogen-bond acceptors (Lipinski definition) is 6. The number of ether oxygens (including phenoxy) is 2. The number of rotatable bonds is 10. The number of nitrogens with one attached hydrogen (secondary N) is 2. The number of hydrogen-bond donors (Lipinski definition) is 2. The molecule has 35 heavy (non-hydrogen) atoms. The number of amides is 2. The predicted octanol–water partition coefficient (Wildman–Crippen LogP) is 2.53. The van der Waals surface area contributed by atoms with Gasteiger partial charge in [-0.15, -0.1) is 0 Å². The molecule has 0 heterocycles. The number of benzene rings is 3. The minimum absolute atomic E-state index is 0.228. The molecule has 0 radical (unpaired) electrons. The summed E-state index contributed by atoms with van der Waals surface area (Å²) in [4.78, 5) is 48.5. The van der Waals surface area contributed by atoms with E-state index in [-0.39, 0.29) is 6.42 Å². The minimum Gasteiger partial charge on any atom is -0.467 e. The second-order valence-electron chi connectivity index (χ2n) is 7.62. The third-order valence-electron chi connectivity index (χ3n) is 5.12. The van der Waals surface area contributed by atoms with E-state index in [2.05, 4.69) is 10.6 Å². The number of carbonyl (C=O) groups is 4. The first-order valence-electron chi connectivity index (χ1n) is 11.0. The van der Waals surface area contributed by atoms with Gasteiger partial charge >= 0.3 is 11.9 Å². The van der Waals surface area contributed by atoms with Crippen LogP contribution in [-0.2, 0) is 30.3 Å². The lowest BCUT2D eigenvalue weighted by Crippen LogP contribution is -2.45. The summed E-state index contributed by atoms with van der Waals surface area (Å²) in [6.45, 7) is -1.00. The maximum atomic E-state index is 12.3. The van der Waals surface area contributed by atoms with E-state index in [0.29, 0.717) is 5.56 Å². The summed E-state index contributed by atoms with van der Waals surface area (Å²) in [6, 6.07) is 24.9. The van der Waals surface area contributed by atoms with Crippen LogP contribution in [0, 0.1) is 0 Å². The van der Waals surface area contributed by atoms with Crippen molar-refractivity contribution in [2.75, 3.05) is 20.3 Å². The predicted molar refractivity (Wildman–Crippen MR) is 129 cm³/mol. The fraction of sp³-hybridized carbons (Fsp3) is 0.185. The van der Waals surface area contributed by atoms with E-state index in [0.717, 1.165) is 16.7 Å². The zero-order valence-corrected chi connectivity index (χ0v) is 19.2. The Morgan fingerprint density at radius 1 is 0.800 bits per heavy atom. The summed E-state index contributed by atoms with van der Waals surface area (Å²) < 4.78 is 9.66. The highest BCUT2D eigenvalue weighted by atomic mass is 16.5. The molecule has 0 aliphatic heterocycles. The molecule has 0 fully saturated rings. The Morgan fingerprint density at radius 3 is 2.03 bits per heavy atom. The van der Waals surface area contributed by atoms with Crippen LogP contribution >= 0.6 is 0 Å². The summed E-state index contributed by atoms with van der Waals surface area (Å²) in [5.41, 5.74) is 3.21. The molecule has 0 spiro atoms. The van der Waals surface area contributed by atoms with Gasteiger partial charge in [0.1, 0.15) is 12.6 Å². The van der Waals surface area contributed by atoms with Gasteiger partial charge in [-0.3, -0.25) is 14.4 Å². The van der Waals surface area contributed by atoms with Crippen molar-refractivity contribution in [3.05, 3.63) is 96.1 Å². The highest BCUT2D eigenvalue weighted by molar-refractivity contribution is 5.96. The summed E-state index contributed by atoms with van der Waals surface area (Å²) >= 11 is 0. The fourth-order valence-corrected chi connectivity index (χ4v) is 3.32. The zero-order chi connectivity index (χ0) is 25.0. The van der Waals surface area contributed by atoms with E-state index >= 15 is 0 Å². The first-order valence-corrected chi connectivity index (χ1v) is 11.0. The normalized spacial score (nSPS) is 11.1. The first-order chi connectivity index (χ1) is 17.0.